The van der Waals surface area contributed by atoms with Crippen LogP contribution >= 0.6 is 0 Å². The number of aromatic amines is 1. The Morgan fingerprint density at radius 1 is 1.08 bits per heavy atom. The largest absolute Gasteiger partial charge is 0.331 e. The predicted molar refractivity (Wildman–Crippen MR) is 143 cm³/mol. The highest BCUT2D eigenvalue weighted by Gasteiger charge is 2.27. The van der Waals surface area contributed by atoms with E-state index in [0.29, 0.717) is 36.3 Å². The number of Topliss-reactive ketones (excluding diaryl/α,β-unsaturated/α-hetero) is 1. The number of nitro benzene ring substituents is 1. The van der Waals surface area contributed by atoms with Crippen LogP contribution in [-0.4, -0.2) is 44.4 Å². The number of aryl methyl sites for hydroxylation is 3. The molecule has 9 nitrogen and oxygen atoms in total. The van der Waals surface area contributed by atoms with Gasteiger partial charge in [0.2, 0.25) is 0 Å². The van der Waals surface area contributed by atoms with Gasteiger partial charge in [-0.1, -0.05) is 57.9 Å². The van der Waals surface area contributed by atoms with Gasteiger partial charge >= 0.3 is 0 Å². The fraction of sp³-hybridized carbons (Fsp3) is 0.393. The standard InChI is InChI=1S/C28H34N4O5/c1-5-8-16-30(27(34)21-15-14-19(4)24(17-21)32(36)37)18-25(33)26-22(11-6-2)29-31(28(26)35)23-13-10-9-12-20(23)7-3/h9-10,12-15,17,29H,5-8,11,16,18H2,1-4H3. The molecule has 1 amide bonds. The molecule has 3 rings (SSSR count). The summed E-state index contributed by atoms with van der Waals surface area (Å²) in [5.74, 6) is -0.933. The Labute approximate surface area is 216 Å². The maximum Gasteiger partial charge on any atom is 0.282 e. The number of ketones is 1. The van der Waals surface area contributed by atoms with E-state index in [0.717, 1.165) is 24.8 Å². The van der Waals surface area contributed by atoms with E-state index >= 15 is 0 Å². The van der Waals surface area contributed by atoms with Crippen molar-refractivity contribution in [2.24, 2.45) is 0 Å². The molecule has 0 spiro atoms. The van der Waals surface area contributed by atoms with E-state index in [1.165, 1.54) is 27.8 Å². The maximum atomic E-state index is 13.6. The summed E-state index contributed by atoms with van der Waals surface area (Å²) in [6.07, 6.45) is 3.38. The molecule has 0 radical (unpaired) electrons. The summed E-state index contributed by atoms with van der Waals surface area (Å²) in [6.45, 7) is 7.54. The van der Waals surface area contributed by atoms with Crippen molar-refractivity contribution < 1.29 is 14.5 Å². The normalized spacial score (nSPS) is 10.9. The summed E-state index contributed by atoms with van der Waals surface area (Å²) < 4.78 is 1.42. The molecule has 0 saturated carbocycles. The fourth-order valence-electron chi connectivity index (χ4n) is 4.37. The number of hydrogen-bond donors (Lipinski definition) is 1. The van der Waals surface area contributed by atoms with Crippen LogP contribution in [-0.2, 0) is 12.8 Å². The molecule has 0 unspecified atom stereocenters. The first-order valence-electron chi connectivity index (χ1n) is 12.7. The van der Waals surface area contributed by atoms with Gasteiger partial charge in [-0.25, -0.2) is 4.68 Å². The molecule has 37 heavy (non-hydrogen) atoms. The van der Waals surface area contributed by atoms with Crippen molar-refractivity contribution in [3.8, 4) is 5.69 Å². The van der Waals surface area contributed by atoms with Crippen molar-refractivity contribution in [1.82, 2.24) is 14.7 Å². The number of nitrogens with zero attached hydrogens (tertiary/aromatic N) is 3. The molecule has 1 N–H and O–H groups in total. The lowest BCUT2D eigenvalue weighted by Crippen LogP contribution is -2.38. The van der Waals surface area contributed by atoms with Gasteiger partial charge in [-0.15, -0.1) is 0 Å². The lowest BCUT2D eigenvalue weighted by Gasteiger charge is -2.22. The number of nitrogens with one attached hydrogen (secondary N) is 1. The molecule has 1 heterocycles. The van der Waals surface area contributed by atoms with Gasteiger partial charge < -0.3 is 4.90 Å². The average Bonchev–Trinajstić information content (AvgIpc) is 3.21. The van der Waals surface area contributed by atoms with Crippen molar-refractivity contribution in [2.75, 3.05) is 13.1 Å². The maximum absolute atomic E-state index is 13.6. The molecule has 0 atom stereocenters. The number of amides is 1. The molecule has 9 heteroatoms. The zero-order valence-corrected chi connectivity index (χ0v) is 21.9. The second-order valence-corrected chi connectivity index (χ2v) is 9.10. The molecule has 0 aliphatic heterocycles. The molecule has 0 fully saturated rings. The highest BCUT2D eigenvalue weighted by atomic mass is 16.6. The van der Waals surface area contributed by atoms with Crippen LogP contribution in [0.2, 0.25) is 0 Å². The third-order valence-electron chi connectivity index (χ3n) is 6.41. The first-order chi connectivity index (χ1) is 17.7. The van der Waals surface area contributed by atoms with Gasteiger partial charge in [-0.2, -0.15) is 0 Å². The lowest BCUT2D eigenvalue weighted by molar-refractivity contribution is -0.385. The number of rotatable bonds is 12. The van der Waals surface area contributed by atoms with E-state index < -0.39 is 22.2 Å². The Morgan fingerprint density at radius 3 is 2.46 bits per heavy atom. The van der Waals surface area contributed by atoms with Crippen LogP contribution < -0.4 is 5.56 Å². The summed E-state index contributed by atoms with van der Waals surface area (Å²) in [5.41, 5.74) is 2.24. The number of hydrogen-bond acceptors (Lipinski definition) is 5. The minimum atomic E-state index is -0.527. The number of benzene rings is 2. The zero-order chi connectivity index (χ0) is 27.1. The first kappa shape index (κ1) is 27.6. The van der Waals surface area contributed by atoms with Crippen LogP contribution in [0, 0.1) is 17.0 Å². The van der Waals surface area contributed by atoms with Crippen LogP contribution in [0.1, 0.15) is 77.6 Å². The number of H-pyrrole nitrogens is 1. The summed E-state index contributed by atoms with van der Waals surface area (Å²) in [6, 6.07) is 11.8. The van der Waals surface area contributed by atoms with Gasteiger partial charge in [0, 0.05) is 29.4 Å². The Hall–Kier alpha value is -4.01. The van der Waals surface area contributed by atoms with E-state index in [9.17, 15) is 24.5 Å². The molecule has 2 aromatic carbocycles. The Morgan fingerprint density at radius 2 is 1.81 bits per heavy atom. The summed E-state index contributed by atoms with van der Waals surface area (Å²) >= 11 is 0. The molecule has 1 aromatic heterocycles. The number of nitro groups is 1. The van der Waals surface area contributed by atoms with E-state index in [1.54, 1.807) is 6.92 Å². The highest BCUT2D eigenvalue weighted by molar-refractivity contribution is 6.03. The van der Waals surface area contributed by atoms with E-state index in [-0.39, 0.29) is 23.4 Å². The second-order valence-electron chi connectivity index (χ2n) is 9.10. The second kappa shape index (κ2) is 12.3. The number of aromatic nitrogens is 2. The van der Waals surface area contributed by atoms with Gasteiger partial charge in [-0.05, 0) is 43.9 Å². The number of unbranched alkanes of at least 4 members (excludes halogenated alkanes) is 1. The molecule has 0 saturated heterocycles. The van der Waals surface area contributed by atoms with Crippen LogP contribution in [0.15, 0.2) is 47.3 Å². The fourth-order valence-corrected chi connectivity index (χ4v) is 4.37. The van der Waals surface area contributed by atoms with Crippen molar-refractivity contribution in [2.45, 2.75) is 59.8 Å². The first-order valence-corrected chi connectivity index (χ1v) is 12.7. The summed E-state index contributed by atoms with van der Waals surface area (Å²) in [4.78, 5) is 52.7. The average molecular weight is 507 g/mol. The van der Waals surface area contributed by atoms with Gasteiger partial charge in [0.25, 0.3) is 17.2 Å². The molecular weight excluding hydrogens is 472 g/mol. The van der Waals surface area contributed by atoms with Gasteiger partial charge in [0.15, 0.2) is 5.78 Å². The molecule has 0 aliphatic rings. The van der Waals surface area contributed by atoms with Crippen molar-refractivity contribution in [1.29, 1.82) is 0 Å². The number of carbonyl (C=O) groups excluding carboxylic acids is 2. The van der Waals surface area contributed by atoms with Crippen molar-refractivity contribution >= 4 is 17.4 Å². The van der Waals surface area contributed by atoms with E-state index in [1.807, 2.05) is 45.0 Å². The summed E-state index contributed by atoms with van der Waals surface area (Å²) in [7, 11) is 0. The van der Waals surface area contributed by atoms with Crippen LogP contribution in [0.5, 0.6) is 0 Å². The van der Waals surface area contributed by atoms with Gasteiger partial charge in [-0.3, -0.25) is 29.6 Å². The van der Waals surface area contributed by atoms with Crippen molar-refractivity contribution in [3.05, 3.63) is 90.9 Å². The topological polar surface area (TPSA) is 118 Å². The van der Waals surface area contributed by atoms with Crippen molar-refractivity contribution in [3.63, 3.8) is 0 Å². The zero-order valence-electron chi connectivity index (χ0n) is 21.9. The Balaban J connectivity index is 2.00. The minimum absolute atomic E-state index is 0.0527. The van der Waals surface area contributed by atoms with Crippen LogP contribution in [0.4, 0.5) is 5.69 Å². The number of carbonyl (C=O) groups is 2. The lowest BCUT2D eigenvalue weighted by atomic mass is 10.1. The predicted octanol–water partition coefficient (Wildman–Crippen LogP) is 5.02. The van der Waals surface area contributed by atoms with Gasteiger partial charge in [0.1, 0.15) is 5.56 Å². The van der Waals surface area contributed by atoms with E-state index in [2.05, 4.69) is 5.10 Å². The van der Waals surface area contributed by atoms with Gasteiger partial charge in [0.05, 0.1) is 17.2 Å². The smallest absolute Gasteiger partial charge is 0.282 e. The number of para-hydroxylation sites is 1. The van der Waals surface area contributed by atoms with E-state index in [4.69, 9.17) is 0 Å². The quantitative estimate of drug-likeness (QED) is 0.210. The van der Waals surface area contributed by atoms with Crippen LogP contribution in [0.25, 0.3) is 5.69 Å². The molecule has 3 aromatic rings. The van der Waals surface area contributed by atoms with Crippen LogP contribution in [0.3, 0.4) is 0 Å². The molecule has 0 bridgehead atoms. The Bertz CT molecular complexity index is 1350. The monoisotopic (exact) mass is 506 g/mol. The third kappa shape index (κ3) is 6.04. The third-order valence-corrected chi connectivity index (χ3v) is 6.41. The molecule has 0 aliphatic carbocycles. The molecular formula is C28H34N4O5. The molecule has 196 valence electrons. The minimum Gasteiger partial charge on any atom is -0.331 e. The Kier molecular flexibility index (Phi) is 9.16. The SMILES string of the molecule is CCCCN(CC(=O)c1c(CCC)[nH]n(-c2ccccc2CC)c1=O)C(=O)c1ccc(C)c([N+](=O)[O-])c1. The summed E-state index contributed by atoms with van der Waals surface area (Å²) in [5, 5.41) is 14.5. The highest BCUT2D eigenvalue weighted by Crippen LogP contribution is 2.21.